The fraction of sp³-hybridized carbons (Fsp3) is 0.500. The van der Waals surface area contributed by atoms with Crippen LogP contribution in [0.2, 0.25) is 0 Å². The van der Waals surface area contributed by atoms with Crippen LogP contribution in [0.5, 0.6) is 0 Å². The molecule has 0 amide bonds. The average molecular weight is 248 g/mol. The lowest BCUT2D eigenvalue weighted by Gasteiger charge is -2.23. The van der Waals surface area contributed by atoms with Gasteiger partial charge in [0.1, 0.15) is 0 Å². The third-order valence-electron chi connectivity index (χ3n) is 3.57. The Balaban J connectivity index is 2.02. The van der Waals surface area contributed by atoms with Crippen molar-refractivity contribution in [1.82, 2.24) is 5.32 Å². The third-order valence-corrected chi connectivity index (χ3v) is 3.57. The molecule has 2 rings (SSSR count). The molecule has 0 bridgehead atoms. The zero-order chi connectivity index (χ0) is 13.0. The van der Waals surface area contributed by atoms with E-state index in [-0.39, 0.29) is 6.42 Å². The summed E-state index contributed by atoms with van der Waals surface area (Å²) in [5.74, 6) is -0.235. The van der Waals surface area contributed by atoms with Crippen molar-refractivity contribution in [2.45, 2.75) is 31.2 Å². The Hall–Kier alpha value is -1.39. The monoisotopic (exact) mass is 248 g/mol. The Labute approximate surface area is 107 Å². The van der Waals surface area contributed by atoms with Crippen molar-refractivity contribution in [2.24, 2.45) is 5.73 Å². The first kappa shape index (κ1) is 13.1. The quantitative estimate of drug-likeness (QED) is 0.757. The van der Waals surface area contributed by atoms with Gasteiger partial charge in [0.15, 0.2) is 0 Å². The van der Waals surface area contributed by atoms with Crippen molar-refractivity contribution < 1.29 is 9.90 Å². The van der Waals surface area contributed by atoms with E-state index in [1.54, 1.807) is 0 Å². The number of carbonyl (C=O) groups is 1. The Morgan fingerprint density at radius 3 is 2.50 bits per heavy atom. The highest BCUT2D eigenvalue weighted by Crippen LogP contribution is 2.26. The number of carboxylic acids is 1. The SMILES string of the molecule is NC(CC(=O)O)c1ccc(C2CCNCC2)cc1. The Morgan fingerprint density at radius 1 is 1.33 bits per heavy atom. The second-order valence-corrected chi connectivity index (χ2v) is 4.90. The van der Waals surface area contributed by atoms with Crippen LogP contribution >= 0.6 is 0 Å². The number of aliphatic carboxylic acids is 1. The number of rotatable bonds is 4. The fourth-order valence-electron chi connectivity index (χ4n) is 2.48. The summed E-state index contributed by atoms with van der Waals surface area (Å²) in [5, 5.41) is 12.1. The van der Waals surface area contributed by atoms with Crippen molar-refractivity contribution in [3.05, 3.63) is 35.4 Å². The molecule has 0 saturated carbocycles. The topological polar surface area (TPSA) is 75.4 Å². The normalized spacial score (nSPS) is 18.5. The van der Waals surface area contributed by atoms with E-state index in [0.29, 0.717) is 5.92 Å². The average Bonchev–Trinajstić information content (AvgIpc) is 2.39. The molecule has 4 N–H and O–H groups in total. The van der Waals surface area contributed by atoms with Gasteiger partial charge in [0.2, 0.25) is 0 Å². The molecule has 0 radical (unpaired) electrons. The lowest BCUT2D eigenvalue weighted by atomic mass is 9.89. The molecular formula is C14H20N2O2. The van der Waals surface area contributed by atoms with Gasteiger partial charge in [0, 0.05) is 6.04 Å². The number of benzene rings is 1. The summed E-state index contributed by atoms with van der Waals surface area (Å²) in [5.41, 5.74) is 8.07. The fourth-order valence-corrected chi connectivity index (χ4v) is 2.48. The van der Waals surface area contributed by atoms with Gasteiger partial charge in [-0.1, -0.05) is 24.3 Å². The molecule has 98 valence electrons. The predicted molar refractivity (Wildman–Crippen MR) is 70.5 cm³/mol. The van der Waals surface area contributed by atoms with Crippen LogP contribution in [-0.2, 0) is 4.79 Å². The highest BCUT2D eigenvalue weighted by molar-refractivity contribution is 5.67. The molecule has 1 aromatic rings. The maximum Gasteiger partial charge on any atom is 0.305 e. The Kier molecular flexibility index (Phi) is 4.33. The summed E-state index contributed by atoms with van der Waals surface area (Å²) in [6.45, 7) is 2.15. The van der Waals surface area contributed by atoms with E-state index < -0.39 is 12.0 Å². The van der Waals surface area contributed by atoms with E-state index in [4.69, 9.17) is 10.8 Å². The molecule has 0 aromatic heterocycles. The molecule has 4 nitrogen and oxygen atoms in total. The van der Waals surface area contributed by atoms with Crippen LogP contribution in [0.3, 0.4) is 0 Å². The van der Waals surface area contributed by atoms with Crippen LogP contribution in [0, 0.1) is 0 Å². The van der Waals surface area contributed by atoms with Gasteiger partial charge in [0.25, 0.3) is 0 Å². The summed E-state index contributed by atoms with van der Waals surface area (Å²) in [7, 11) is 0. The molecule has 18 heavy (non-hydrogen) atoms. The minimum absolute atomic E-state index is 0.0211. The number of nitrogens with one attached hydrogen (secondary N) is 1. The number of carboxylic acid groups (broad SMARTS) is 1. The molecule has 1 aliphatic rings. The maximum atomic E-state index is 10.6. The van der Waals surface area contributed by atoms with Crippen LogP contribution in [0.1, 0.15) is 42.3 Å². The highest BCUT2D eigenvalue weighted by Gasteiger charge is 2.16. The lowest BCUT2D eigenvalue weighted by molar-refractivity contribution is -0.137. The minimum atomic E-state index is -0.857. The van der Waals surface area contributed by atoms with Gasteiger partial charge >= 0.3 is 5.97 Å². The number of hydrogen-bond acceptors (Lipinski definition) is 3. The first-order valence-corrected chi connectivity index (χ1v) is 6.45. The summed E-state index contributed by atoms with van der Waals surface area (Å²) in [6, 6.07) is 7.69. The van der Waals surface area contributed by atoms with E-state index in [2.05, 4.69) is 17.4 Å². The zero-order valence-corrected chi connectivity index (χ0v) is 10.4. The number of piperidine rings is 1. The second-order valence-electron chi connectivity index (χ2n) is 4.90. The van der Waals surface area contributed by atoms with Gasteiger partial charge in [-0.15, -0.1) is 0 Å². The largest absolute Gasteiger partial charge is 0.481 e. The molecule has 1 atom stereocenters. The predicted octanol–water partition coefficient (Wildman–Crippen LogP) is 1.63. The molecule has 1 saturated heterocycles. The molecule has 0 aliphatic carbocycles. The van der Waals surface area contributed by atoms with Crippen molar-refractivity contribution in [1.29, 1.82) is 0 Å². The molecule has 4 heteroatoms. The first-order valence-electron chi connectivity index (χ1n) is 6.45. The molecule has 1 fully saturated rings. The van der Waals surface area contributed by atoms with Gasteiger partial charge in [-0.3, -0.25) is 4.79 Å². The summed E-state index contributed by atoms with van der Waals surface area (Å²) in [6.07, 6.45) is 2.31. The van der Waals surface area contributed by atoms with Crippen LogP contribution < -0.4 is 11.1 Å². The van der Waals surface area contributed by atoms with E-state index in [0.717, 1.165) is 18.7 Å². The minimum Gasteiger partial charge on any atom is -0.481 e. The van der Waals surface area contributed by atoms with E-state index in [1.165, 1.54) is 18.4 Å². The smallest absolute Gasteiger partial charge is 0.305 e. The molecular weight excluding hydrogens is 228 g/mol. The van der Waals surface area contributed by atoms with Gasteiger partial charge in [-0.25, -0.2) is 0 Å². The van der Waals surface area contributed by atoms with Crippen molar-refractivity contribution in [3.63, 3.8) is 0 Å². The van der Waals surface area contributed by atoms with Crippen LogP contribution in [0.4, 0.5) is 0 Å². The zero-order valence-electron chi connectivity index (χ0n) is 10.4. The summed E-state index contributed by atoms with van der Waals surface area (Å²) >= 11 is 0. The number of nitrogens with two attached hydrogens (primary N) is 1. The summed E-state index contributed by atoms with van der Waals surface area (Å²) in [4.78, 5) is 10.6. The summed E-state index contributed by atoms with van der Waals surface area (Å²) < 4.78 is 0. The standard InChI is InChI=1S/C14H20N2O2/c15-13(9-14(17)18)12-3-1-10(2-4-12)11-5-7-16-8-6-11/h1-4,11,13,16H,5-9,15H2,(H,17,18). The van der Waals surface area contributed by atoms with Crippen LogP contribution in [0.25, 0.3) is 0 Å². The third kappa shape index (κ3) is 3.31. The van der Waals surface area contributed by atoms with Crippen molar-refractivity contribution in [2.75, 3.05) is 13.1 Å². The van der Waals surface area contributed by atoms with Crippen molar-refractivity contribution in [3.8, 4) is 0 Å². The molecule has 1 heterocycles. The molecule has 0 spiro atoms. The van der Waals surface area contributed by atoms with Crippen LogP contribution in [0.15, 0.2) is 24.3 Å². The molecule has 1 aliphatic heterocycles. The van der Waals surface area contributed by atoms with Gasteiger partial charge in [-0.2, -0.15) is 0 Å². The maximum absolute atomic E-state index is 10.6. The van der Waals surface area contributed by atoms with E-state index in [1.807, 2.05) is 12.1 Å². The highest BCUT2D eigenvalue weighted by atomic mass is 16.4. The van der Waals surface area contributed by atoms with Crippen molar-refractivity contribution >= 4 is 5.97 Å². The van der Waals surface area contributed by atoms with E-state index >= 15 is 0 Å². The molecule has 1 aromatic carbocycles. The van der Waals surface area contributed by atoms with Crippen LogP contribution in [-0.4, -0.2) is 24.2 Å². The number of hydrogen-bond donors (Lipinski definition) is 3. The first-order chi connectivity index (χ1) is 8.66. The van der Waals surface area contributed by atoms with Gasteiger partial charge < -0.3 is 16.2 Å². The van der Waals surface area contributed by atoms with Gasteiger partial charge in [0.05, 0.1) is 6.42 Å². The van der Waals surface area contributed by atoms with E-state index in [9.17, 15) is 4.79 Å². The lowest BCUT2D eigenvalue weighted by Crippen LogP contribution is -2.26. The Morgan fingerprint density at radius 2 is 1.94 bits per heavy atom. The van der Waals surface area contributed by atoms with Gasteiger partial charge in [-0.05, 0) is 43.0 Å². The molecule has 1 unspecified atom stereocenters. The second kappa shape index (κ2) is 5.98. The Bertz CT molecular complexity index is 397.